The maximum Gasteiger partial charge on any atom is 0.0294 e. The van der Waals surface area contributed by atoms with Gasteiger partial charge in [0.1, 0.15) is 0 Å². The first-order valence-corrected chi connectivity index (χ1v) is 7.95. The maximum atomic E-state index is 3.84. The van der Waals surface area contributed by atoms with Gasteiger partial charge in [-0.2, -0.15) is 0 Å². The maximum absolute atomic E-state index is 3.84. The van der Waals surface area contributed by atoms with Crippen LogP contribution >= 0.6 is 0 Å². The van der Waals surface area contributed by atoms with Gasteiger partial charge in [0.2, 0.25) is 0 Å². The zero-order chi connectivity index (χ0) is 13.8. The van der Waals surface area contributed by atoms with Gasteiger partial charge in [-0.1, -0.05) is 45.0 Å². The monoisotopic (exact) mass is 259 g/mol. The molecule has 1 aliphatic rings. The molecule has 1 aliphatic carbocycles. The van der Waals surface area contributed by atoms with E-state index in [1.807, 2.05) is 0 Å². The minimum atomic E-state index is 0.465. The number of nitrogens with one attached hydrogen (secondary N) is 1. The second-order valence-corrected chi connectivity index (χ2v) is 6.49. The second-order valence-electron chi connectivity index (χ2n) is 6.49. The predicted octanol–water partition coefficient (Wildman–Crippen LogP) is 4.72. The average molecular weight is 259 g/mol. The van der Waals surface area contributed by atoms with E-state index in [9.17, 15) is 0 Å². The van der Waals surface area contributed by atoms with Crippen molar-refractivity contribution in [3.8, 4) is 0 Å². The molecule has 1 aromatic carbocycles. The Hall–Kier alpha value is -0.820. The van der Waals surface area contributed by atoms with Gasteiger partial charge in [0.25, 0.3) is 0 Å². The molecule has 0 aliphatic heterocycles. The van der Waals surface area contributed by atoms with E-state index in [0.29, 0.717) is 12.1 Å². The Morgan fingerprint density at radius 1 is 1.16 bits per heavy atom. The van der Waals surface area contributed by atoms with E-state index in [-0.39, 0.29) is 0 Å². The Morgan fingerprint density at radius 2 is 1.84 bits per heavy atom. The van der Waals surface area contributed by atoms with Crippen LogP contribution in [0.4, 0.5) is 0 Å². The van der Waals surface area contributed by atoms with E-state index in [1.54, 1.807) is 0 Å². The van der Waals surface area contributed by atoms with Crippen LogP contribution in [0.5, 0.6) is 0 Å². The fraction of sp³-hybridized carbons (Fsp3) is 0.667. The van der Waals surface area contributed by atoms with Crippen LogP contribution in [0.15, 0.2) is 24.3 Å². The van der Waals surface area contributed by atoms with E-state index in [0.717, 1.165) is 18.3 Å². The highest BCUT2D eigenvalue weighted by Crippen LogP contribution is 2.30. The molecule has 1 fully saturated rings. The largest absolute Gasteiger partial charge is 0.307 e. The van der Waals surface area contributed by atoms with Crippen molar-refractivity contribution < 1.29 is 0 Å². The molecule has 1 saturated carbocycles. The molecule has 1 heteroatoms. The van der Waals surface area contributed by atoms with Crippen LogP contribution in [0.1, 0.15) is 64.1 Å². The summed E-state index contributed by atoms with van der Waals surface area (Å²) in [5.74, 6) is 1.72. The first kappa shape index (κ1) is 14.6. The number of hydrogen-bond acceptors (Lipinski definition) is 1. The van der Waals surface area contributed by atoms with Crippen molar-refractivity contribution in [2.45, 2.75) is 65.5 Å². The topological polar surface area (TPSA) is 12.0 Å². The van der Waals surface area contributed by atoms with Crippen molar-refractivity contribution in [1.29, 1.82) is 0 Å². The van der Waals surface area contributed by atoms with Gasteiger partial charge in [-0.05, 0) is 55.6 Å². The van der Waals surface area contributed by atoms with Crippen LogP contribution in [0, 0.1) is 11.8 Å². The first-order chi connectivity index (χ1) is 9.10. The number of aryl methyl sites for hydroxylation is 1. The van der Waals surface area contributed by atoms with Crippen LogP contribution in [0.3, 0.4) is 0 Å². The molecule has 0 saturated heterocycles. The summed E-state index contributed by atoms with van der Waals surface area (Å²) in [5.41, 5.74) is 2.85. The molecule has 19 heavy (non-hydrogen) atoms. The van der Waals surface area contributed by atoms with Crippen molar-refractivity contribution in [3.05, 3.63) is 35.4 Å². The van der Waals surface area contributed by atoms with Gasteiger partial charge in [-0.3, -0.25) is 0 Å². The lowest BCUT2D eigenvalue weighted by Crippen LogP contribution is -2.40. The molecule has 2 rings (SSSR count). The lowest BCUT2D eigenvalue weighted by Gasteiger charge is -2.35. The lowest BCUT2D eigenvalue weighted by atomic mass is 9.79. The van der Waals surface area contributed by atoms with Crippen molar-refractivity contribution >= 4 is 0 Å². The summed E-state index contributed by atoms with van der Waals surface area (Å²) < 4.78 is 0. The van der Waals surface area contributed by atoms with Crippen LogP contribution in [-0.2, 0) is 6.42 Å². The van der Waals surface area contributed by atoms with Crippen molar-refractivity contribution in [3.63, 3.8) is 0 Å². The van der Waals surface area contributed by atoms with E-state index >= 15 is 0 Å². The van der Waals surface area contributed by atoms with E-state index in [2.05, 4.69) is 57.3 Å². The molecule has 0 aromatic heterocycles. The minimum absolute atomic E-state index is 0.465. The molecule has 0 radical (unpaired) electrons. The zero-order valence-electron chi connectivity index (χ0n) is 12.9. The molecule has 1 N–H and O–H groups in total. The summed E-state index contributed by atoms with van der Waals surface area (Å²) in [6.45, 7) is 9.30. The number of hydrogen-bond donors (Lipinski definition) is 1. The van der Waals surface area contributed by atoms with Crippen LogP contribution in [0.2, 0.25) is 0 Å². The quantitative estimate of drug-likeness (QED) is 0.824. The summed E-state index contributed by atoms with van der Waals surface area (Å²) in [5, 5.41) is 3.84. The van der Waals surface area contributed by atoms with Gasteiger partial charge < -0.3 is 5.32 Å². The Balaban J connectivity index is 1.94. The molecule has 0 bridgehead atoms. The fourth-order valence-corrected chi connectivity index (χ4v) is 3.37. The molecule has 0 spiro atoms. The summed E-state index contributed by atoms with van der Waals surface area (Å²) >= 11 is 0. The Bertz CT molecular complexity index is 381. The Kier molecular flexibility index (Phi) is 5.04. The predicted molar refractivity (Wildman–Crippen MR) is 83.3 cm³/mol. The molecule has 0 heterocycles. The average Bonchev–Trinajstić information content (AvgIpc) is 2.42. The zero-order valence-corrected chi connectivity index (χ0v) is 12.9. The minimum Gasteiger partial charge on any atom is -0.307 e. The van der Waals surface area contributed by atoms with Gasteiger partial charge in [-0.15, -0.1) is 0 Å². The van der Waals surface area contributed by atoms with Gasteiger partial charge in [0, 0.05) is 12.1 Å². The number of benzene rings is 1. The SMILES string of the molecule is CCc1ccc(C(C)NC2CCC(C)CC2C)cc1. The summed E-state index contributed by atoms with van der Waals surface area (Å²) in [6.07, 6.45) is 5.21. The third-order valence-electron chi connectivity index (χ3n) is 4.78. The van der Waals surface area contributed by atoms with E-state index in [4.69, 9.17) is 0 Å². The molecule has 1 aromatic rings. The molecule has 4 atom stereocenters. The highest BCUT2D eigenvalue weighted by atomic mass is 15.0. The third-order valence-corrected chi connectivity index (χ3v) is 4.78. The van der Waals surface area contributed by atoms with Gasteiger partial charge in [0.15, 0.2) is 0 Å². The highest BCUT2D eigenvalue weighted by molar-refractivity contribution is 5.24. The van der Waals surface area contributed by atoms with Gasteiger partial charge >= 0.3 is 0 Å². The summed E-state index contributed by atoms with van der Waals surface area (Å²) in [6, 6.07) is 10.3. The van der Waals surface area contributed by atoms with Gasteiger partial charge in [-0.25, -0.2) is 0 Å². The lowest BCUT2D eigenvalue weighted by molar-refractivity contribution is 0.216. The second kappa shape index (κ2) is 6.56. The molecule has 0 amide bonds. The summed E-state index contributed by atoms with van der Waals surface area (Å²) in [7, 11) is 0. The van der Waals surface area contributed by atoms with Gasteiger partial charge in [0.05, 0.1) is 0 Å². The standard InChI is InChI=1S/C18H29N/c1-5-16-7-9-17(10-8-16)15(4)19-18-11-6-13(2)12-14(18)3/h7-10,13-15,18-19H,5-6,11-12H2,1-4H3. The Labute approximate surface area is 118 Å². The molecular formula is C18H29N. The number of rotatable bonds is 4. The summed E-state index contributed by atoms with van der Waals surface area (Å²) in [4.78, 5) is 0. The van der Waals surface area contributed by atoms with Crippen molar-refractivity contribution in [1.82, 2.24) is 5.32 Å². The van der Waals surface area contributed by atoms with E-state index < -0.39 is 0 Å². The first-order valence-electron chi connectivity index (χ1n) is 7.95. The molecule has 4 unspecified atom stereocenters. The molecule has 1 nitrogen and oxygen atoms in total. The molecule has 106 valence electrons. The fourth-order valence-electron chi connectivity index (χ4n) is 3.37. The van der Waals surface area contributed by atoms with Crippen LogP contribution in [0.25, 0.3) is 0 Å². The smallest absolute Gasteiger partial charge is 0.0294 e. The Morgan fingerprint density at radius 3 is 2.42 bits per heavy atom. The third kappa shape index (κ3) is 3.82. The van der Waals surface area contributed by atoms with Crippen LogP contribution < -0.4 is 5.32 Å². The van der Waals surface area contributed by atoms with Crippen molar-refractivity contribution in [2.24, 2.45) is 11.8 Å². The molecular weight excluding hydrogens is 230 g/mol. The normalized spacial score (nSPS) is 29.2. The van der Waals surface area contributed by atoms with Crippen LogP contribution in [-0.4, -0.2) is 6.04 Å². The highest BCUT2D eigenvalue weighted by Gasteiger charge is 2.26. The van der Waals surface area contributed by atoms with Crippen molar-refractivity contribution in [2.75, 3.05) is 0 Å². The van der Waals surface area contributed by atoms with E-state index in [1.165, 1.54) is 30.4 Å².